The average Bonchev–Trinajstić information content (AvgIpc) is 2.47. The van der Waals surface area contributed by atoms with Crippen LogP contribution < -0.4 is 4.74 Å². The molecule has 4 heteroatoms. The summed E-state index contributed by atoms with van der Waals surface area (Å²) in [5, 5.41) is 9.10. The van der Waals surface area contributed by atoms with Crippen molar-refractivity contribution in [2.75, 3.05) is 6.61 Å². The highest BCUT2D eigenvalue weighted by atomic mass is 16.5. The average molecular weight is 270 g/mol. The number of carbonyl (C=O) groups excluding carboxylic acids is 1. The van der Waals surface area contributed by atoms with Crippen molar-refractivity contribution in [1.82, 2.24) is 0 Å². The fourth-order valence-electron chi connectivity index (χ4n) is 1.89. The Labute approximate surface area is 116 Å². The van der Waals surface area contributed by atoms with Gasteiger partial charge in [0.15, 0.2) is 5.78 Å². The van der Waals surface area contributed by atoms with Crippen LogP contribution in [0.3, 0.4) is 0 Å². The molecule has 0 radical (unpaired) electrons. The maximum Gasteiger partial charge on any atom is 0.336 e. The van der Waals surface area contributed by atoms with Crippen LogP contribution in [0.2, 0.25) is 0 Å². The maximum absolute atomic E-state index is 12.3. The van der Waals surface area contributed by atoms with Gasteiger partial charge in [0.2, 0.25) is 0 Å². The van der Waals surface area contributed by atoms with E-state index in [0.717, 1.165) is 0 Å². The number of rotatable bonds is 5. The van der Waals surface area contributed by atoms with Crippen molar-refractivity contribution in [1.29, 1.82) is 0 Å². The molecular weight excluding hydrogens is 256 g/mol. The van der Waals surface area contributed by atoms with Crippen molar-refractivity contribution < 1.29 is 19.4 Å². The van der Waals surface area contributed by atoms with E-state index >= 15 is 0 Å². The molecule has 0 aromatic heterocycles. The first kappa shape index (κ1) is 13.8. The normalized spacial score (nSPS) is 10.1. The first-order valence-corrected chi connectivity index (χ1v) is 6.23. The fourth-order valence-corrected chi connectivity index (χ4v) is 1.89. The molecule has 0 aliphatic carbocycles. The SMILES string of the molecule is CCOc1ccc(C(=O)c2ccccc2C(=O)O)cc1. The zero-order valence-corrected chi connectivity index (χ0v) is 11.0. The number of carbonyl (C=O) groups is 2. The monoisotopic (exact) mass is 270 g/mol. The third-order valence-corrected chi connectivity index (χ3v) is 2.83. The third kappa shape index (κ3) is 2.85. The summed E-state index contributed by atoms with van der Waals surface area (Å²) in [5.74, 6) is -0.749. The number of ether oxygens (including phenoxy) is 1. The molecule has 0 saturated carbocycles. The van der Waals surface area contributed by atoms with Crippen LogP contribution in [0.4, 0.5) is 0 Å². The highest BCUT2D eigenvalue weighted by Crippen LogP contribution is 2.18. The lowest BCUT2D eigenvalue weighted by molar-refractivity contribution is 0.0693. The highest BCUT2D eigenvalue weighted by molar-refractivity contribution is 6.14. The molecule has 0 saturated heterocycles. The molecule has 0 amide bonds. The molecule has 0 heterocycles. The van der Waals surface area contributed by atoms with Gasteiger partial charge < -0.3 is 9.84 Å². The lowest BCUT2D eigenvalue weighted by atomic mass is 9.98. The molecule has 1 N–H and O–H groups in total. The van der Waals surface area contributed by atoms with Gasteiger partial charge in [0, 0.05) is 11.1 Å². The van der Waals surface area contributed by atoms with E-state index in [1.54, 1.807) is 36.4 Å². The van der Waals surface area contributed by atoms with Gasteiger partial charge in [-0.25, -0.2) is 4.79 Å². The van der Waals surface area contributed by atoms with Gasteiger partial charge in [-0.15, -0.1) is 0 Å². The van der Waals surface area contributed by atoms with E-state index in [1.165, 1.54) is 12.1 Å². The number of hydrogen-bond donors (Lipinski definition) is 1. The third-order valence-electron chi connectivity index (χ3n) is 2.83. The lowest BCUT2D eigenvalue weighted by Gasteiger charge is -2.06. The quantitative estimate of drug-likeness (QED) is 0.848. The van der Waals surface area contributed by atoms with Crippen molar-refractivity contribution >= 4 is 11.8 Å². The summed E-state index contributed by atoms with van der Waals surface area (Å²) in [6.45, 7) is 2.43. The summed E-state index contributed by atoms with van der Waals surface area (Å²) in [6.07, 6.45) is 0. The molecule has 0 bridgehead atoms. The Bertz CT molecular complexity index is 629. The minimum atomic E-state index is -1.11. The minimum absolute atomic E-state index is 0.00591. The van der Waals surface area contributed by atoms with E-state index in [1.807, 2.05) is 6.92 Å². The van der Waals surface area contributed by atoms with Gasteiger partial charge >= 0.3 is 5.97 Å². The van der Waals surface area contributed by atoms with Crippen LogP contribution in [0.1, 0.15) is 33.2 Å². The minimum Gasteiger partial charge on any atom is -0.494 e. The van der Waals surface area contributed by atoms with Crippen LogP contribution in [-0.4, -0.2) is 23.5 Å². The molecule has 2 aromatic rings. The summed E-state index contributed by atoms with van der Waals surface area (Å²) in [4.78, 5) is 23.5. The molecular formula is C16H14O4. The van der Waals surface area contributed by atoms with Gasteiger partial charge in [-0.05, 0) is 37.3 Å². The number of benzene rings is 2. The van der Waals surface area contributed by atoms with Crippen LogP contribution in [0.15, 0.2) is 48.5 Å². The zero-order valence-electron chi connectivity index (χ0n) is 11.0. The van der Waals surface area contributed by atoms with Crippen LogP contribution in [0.5, 0.6) is 5.75 Å². The second kappa shape index (κ2) is 6.02. The van der Waals surface area contributed by atoms with Crippen molar-refractivity contribution in [3.63, 3.8) is 0 Å². The van der Waals surface area contributed by atoms with E-state index < -0.39 is 5.97 Å². The fraction of sp³-hybridized carbons (Fsp3) is 0.125. The van der Waals surface area contributed by atoms with E-state index in [4.69, 9.17) is 9.84 Å². The zero-order chi connectivity index (χ0) is 14.5. The molecule has 2 aromatic carbocycles. The maximum atomic E-state index is 12.3. The van der Waals surface area contributed by atoms with E-state index in [2.05, 4.69) is 0 Å². The van der Waals surface area contributed by atoms with Gasteiger partial charge in [0.05, 0.1) is 12.2 Å². The number of carboxylic acid groups (broad SMARTS) is 1. The summed E-state index contributed by atoms with van der Waals surface area (Å²) < 4.78 is 5.30. The Morgan fingerprint density at radius 3 is 2.15 bits per heavy atom. The summed E-state index contributed by atoms with van der Waals surface area (Å²) in [7, 11) is 0. The van der Waals surface area contributed by atoms with Gasteiger partial charge in [-0.3, -0.25) is 4.79 Å². The molecule has 0 aliphatic rings. The largest absolute Gasteiger partial charge is 0.494 e. The Kier molecular flexibility index (Phi) is 4.15. The lowest BCUT2D eigenvalue weighted by Crippen LogP contribution is -2.09. The smallest absolute Gasteiger partial charge is 0.336 e. The van der Waals surface area contributed by atoms with E-state index in [0.29, 0.717) is 17.9 Å². The summed E-state index contributed by atoms with van der Waals surface area (Å²) in [6, 6.07) is 12.8. The van der Waals surface area contributed by atoms with Gasteiger partial charge in [0.25, 0.3) is 0 Å². The Balaban J connectivity index is 2.34. The number of carboxylic acids is 1. The van der Waals surface area contributed by atoms with Crippen LogP contribution in [0.25, 0.3) is 0 Å². The molecule has 0 unspecified atom stereocenters. The number of hydrogen-bond acceptors (Lipinski definition) is 3. The Morgan fingerprint density at radius 1 is 1.00 bits per heavy atom. The molecule has 0 atom stereocenters. The van der Waals surface area contributed by atoms with Crippen molar-refractivity contribution in [2.45, 2.75) is 6.92 Å². The molecule has 0 spiro atoms. The standard InChI is InChI=1S/C16H14O4/c1-2-20-12-9-7-11(8-10-12)15(17)13-5-3-4-6-14(13)16(18)19/h3-10H,2H2,1H3,(H,18,19). The van der Waals surface area contributed by atoms with Gasteiger partial charge in [-0.2, -0.15) is 0 Å². The van der Waals surface area contributed by atoms with Gasteiger partial charge in [-0.1, -0.05) is 18.2 Å². The number of aromatic carboxylic acids is 1. The predicted octanol–water partition coefficient (Wildman–Crippen LogP) is 3.01. The van der Waals surface area contributed by atoms with Crippen LogP contribution in [-0.2, 0) is 0 Å². The summed E-state index contributed by atoms with van der Waals surface area (Å²) >= 11 is 0. The Hall–Kier alpha value is -2.62. The highest BCUT2D eigenvalue weighted by Gasteiger charge is 2.17. The van der Waals surface area contributed by atoms with Crippen LogP contribution >= 0.6 is 0 Å². The number of ketones is 1. The molecule has 0 fully saturated rings. The van der Waals surface area contributed by atoms with E-state index in [-0.39, 0.29) is 16.9 Å². The van der Waals surface area contributed by atoms with Crippen LogP contribution in [0, 0.1) is 0 Å². The van der Waals surface area contributed by atoms with E-state index in [9.17, 15) is 9.59 Å². The second-order valence-electron chi connectivity index (χ2n) is 4.14. The first-order chi connectivity index (χ1) is 9.63. The molecule has 0 aliphatic heterocycles. The van der Waals surface area contributed by atoms with Crippen molar-refractivity contribution in [3.8, 4) is 5.75 Å². The van der Waals surface area contributed by atoms with Gasteiger partial charge in [0.1, 0.15) is 5.75 Å². The topological polar surface area (TPSA) is 63.6 Å². The molecule has 102 valence electrons. The predicted molar refractivity (Wildman–Crippen MR) is 74.4 cm³/mol. The molecule has 20 heavy (non-hydrogen) atoms. The van der Waals surface area contributed by atoms with Crippen molar-refractivity contribution in [3.05, 3.63) is 65.2 Å². The Morgan fingerprint density at radius 2 is 1.60 bits per heavy atom. The second-order valence-corrected chi connectivity index (χ2v) is 4.14. The van der Waals surface area contributed by atoms with Crippen molar-refractivity contribution in [2.24, 2.45) is 0 Å². The first-order valence-electron chi connectivity index (χ1n) is 6.23. The molecule has 4 nitrogen and oxygen atoms in total. The molecule has 2 rings (SSSR count). The summed E-state index contributed by atoms with van der Waals surface area (Å²) in [5.41, 5.74) is 0.623.